The summed E-state index contributed by atoms with van der Waals surface area (Å²) in [6, 6.07) is 11.7. The Kier molecular flexibility index (Phi) is 6.64. The summed E-state index contributed by atoms with van der Waals surface area (Å²) in [6.45, 7) is 8.36. The molecule has 140 valence electrons. The van der Waals surface area contributed by atoms with Crippen molar-refractivity contribution in [2.75, 3.05) is 12.2 Å². The number of para-hydroxylation sites is 1. The molecular weight excluding hydrogens is 330 g/mol. The highest BCUT2D eigenvalue weighted by molar-refractivity contribution is 5.87. The second-order valence-corrected chi connectivity index (χ2v) is 6.53. The predicted molar refractivity (Wildman–Crippen MR) is 102 cm³/mol. The maximum atomic E-state index is 11.9. The molecule has 0 aliphatic heterocycles. The first-order chi connectivity index (χ1) is 12.4. The van der Waals surface area contributed by atoms with Crippen LogP contribution in [0.2, 0.25) is 0 Å². The summed E-state index contributed by atoms with van der Waals surface area (Å²) in [5, 5.41) is 10.9. The van der Waals surface area contributed by atoms with Crippen LogP contribution >= 0.6 is 0 Å². The first-order valence-corrected chi connectivity index (χ1v) is 8.80. The van der Waals surface area contributed by atoms with E-state index >= 15 is 0 Å². The summed E-state index contributed by atoms with van der Waals surface area (Å²) in [5.41, 5.74) is 4.28. The van der Waals surface area contributed by atoms with Crippen molar-refractivity contribution in [3.8, 4) is 5.75 Å². The Hall–Kier alpha value is -2.53. The molecule has 5 nitrogen and oxygen atoms in total. The molecule has 0 radical (unpaired) electrons. The van der Waals surface area contributed by atoms with Gasteiger partial charge in [0, 0.05) is 5.56 Å². The van der Waals surface area contributed by atoms with Crippen molar-refractivity contribution in [1.29, 1.82) is 0 Å². The third-order valence-electron chi connectivity index (χ3n) is 4.36. The maximum absolute atomic E-state index is 11.9. The molecule has 0 saturated heterocycles. The molecule has 0 fully saturated rings. The van der Waals surface area contributed by atoms with Crippen LogP contribution in [0.1, 0.15) is 48.9 Å². The molecule has 0 unspecified atom stereocenters. The van der Waals surface area contributed by atoms with Crippen LogP contribution < -0.4 is 9.80 Å². The molecule has 0 heterocycles. The fourth-order valence-corrected chi connectivity index (χ4v) is 2.88. The average Bonchev–Trinajstić information content (AvgIpc) is 2.65. The molecule has 26 heavy (non-hydrogen) atoms. The Labute approximate surface area is 155 Å². The van der Waals surface area contributed by atoms with Gasteiger partial charge in [0.2, 0.25) is 0 Å². The Bertz CT molecular complexity index is 771. The van der Waals surface area contributed by atoms with Gasteiger partial charge >= 0.3 is 6.09 Å². The van der Waals surface area contributed by atoms with Crippen LogP contribution in [0.15, 0.2) is 36.4 Å². The number of ether oxygens (including phenoxy) is 2. The van der Waals surface area contributed by atoms with E-state index in [9.17, 15) is 10.0 Å². The number of anilines is 1. The first kappa shape index (κ1) is 19.8. The zero-order valence-corrected chi connectivity index (χ0v) is 16.1. The van der Waals surface area contributed by atoms with Crippen molar-refractivity contribution < 1.29 is 19.5 Å². The quantitative estimate of drug-likeness (QED) is 0.569. The minimum absolute atomic E-state index is 0.120. The Morgan fingerprint density at radius 2 is 1.96 bits per heavy atom. The minimum atomic E-state index is -0.831. The van der Waals surface area contributed by atoms with Crippen LogP contribution in [0, 0.1) is 6.92 Å². The average molecular weight is 357 g/mol. The summed E-state index contributed by atoms with van der Waals surface area (Å²) in [4.78, 5) is 11.9. The van der Waals surface area contributed by atoms with Crippen molar-refractivity contribution in [1.82, 2.24) is 0 Å². The largest absolute Gasteiger partial charge is 0.489 e. The van der Waals surface area contributed by atoms with E-state index in [0.29, 0.717) is 16.3 Å². The number of aryl methyl sites for hydroxylation is 2. The van der Waals surface area contributed by atoms with E-state index in [1.807, 2.05) is 51.1 Å². The van der Waals surface area contributed by atoms with Crippen molar-refractivity contribution in [3.63, 3.8) is 0 Å². The third kappa shape index (κ3) is 4.35. The van der Waals surface area contributed by atoms with Gasteiger partial charge in [-0.05, 0) is 42.0 Å². The van der Waals surface area contributed by atoms with E-state index in [-0.39, 0.29) is 12.5 Å². The molecular formula is C21H27NO4. The van der Waals surface area contributed by atoms with E-state index < -0.39 is 6.09 Å². The number of rotatable bonds is 6. The lowest BCUT2D eigenvalue weighted by Gasteiger charge is -2.23. The molecule has 2 rings (SSSR count). The number of carbonyl (C=O) groups is 1. The predicted octanol–water partition coefficient (Wildman–Crippen LogP) is 5.22. The van der Waals surface area contributed by atoms with Gasteiger partial charge in [0.1, 0.15) is 12.4 Å². The maximum Gasteiger partial charge on any atom is 0.438 e. The molecule has 0 aliphatic rings. The highest BCUT2D eigenvalue weighted by Crippen LogP contribution is 2.32. The normalized spacial score (nSPS) is 10.7. The van der Waals surface area contributed by atoms with Gasteiger partial charge < -0.3 is 9.47 Å². The molecule has 5 heteroatoms. The van der Waals surface area contributed by atoms with Crippen LogP contribution in [0.5, 0.6) is 5.75 Å². The van der Waals surface area contributed by atoms with Gasteiger partial charge in [-0.15, -0.1) is 0 Å². The fourth-order valence-electron chi connectivity index (χ4n) is 2.88. The summed E-state index contributed by atoms with van der Waals surface area (Å²) in [7, 11) is 1.23. The van der Waals surface area contributed by atoms with Gasteiger partial charge in [-0.3, -0.25) is 5.21 Å². The zero-order chi connectivity index (χ0) is 19.3. The van der Waals surface area contributed by atoms with Crippen molar-refractivity contribution in [2.24, 2.45) is 0 Å². The van der Waals surface area contributed by atoms with Crippen molar-refractivity contribution >= 4 is 11.8 Å². The first-order valence-electron chi connectivity index (χ1n) is 8.80. The third-order valence-corrected chi connectivity index (χ3v) is 4.36. The topological polar surface area (TPSA) is 59.0 Å². The molecule has 1 amide bonds. The smallest absolute Gasteiger partial charge is 0.438 e. The molecule has 0 bridgehead atoms. The number of hydrogen-bond acceptors (Lipinski definition) is 4. The SMILES string of the molecule is CCc1ccc(OCc2cccc(C(C)C)c2N(O)C(=O)OC)c(C)c1. The molecule has 0 saturated carbocycles. The summed E-state index contributed by atoms with van der Waals surface area (Å²) in [6.07, 6.45) is 0.142. The van der Waals surface area contributed by atoms with E-state index in [4.69, 9.17) is 4.74 Å². The number of carbonyl (C=O) groups excluding carboxylic acids is 1. The molecule has 0 aromatic heterocycles. The number of methoxy groups -OCH3 is 1. The highest BCUT2D eigenvalue weighted by Gasteiger charge is 2.22. The lowest BCUT2D eigenvalue weighted by atomic mass is 9.97. The Balaban J connectivity index is 2.34. The number of amides is 1. The van der Waals surface area contributed by atoms with Crippen LogP contribution in [0.4, 0.5) is 10.5 Å². The van der Waals surface area contributed by atoms with Crippen LogP contribution in [-0.4, -0.2) is 18.4 Å². The van der Waals surface area contributed by atoms with E-state index in [1.165, 1.54) is 12.7 Å². The fraction of sp³-hybridized carbons (Fsp3) is 0.381. The van der Waals surface area contributed by atoms with Crippen LogP contribution in [0.3, 0.4) is 0 Å². The van der Waals surface area contributed by atoms with Gasteiger partial charge in [0.15, 0.2) is 0 Å². The molecule has 2 aromatic carbocycles. The second-order valence-electron chi connectivity index (χ2n) is 6.53. The molecule has 1 N–H and O–H groups in total. The van der Waals surface area contributed by atoms with Gasteiger partial charge in [-0.25, -0.2) is 4.79 Å². The second kappa shape index (κ2) is 8.72. The molecule has 0 spiro atoms. The lowest BCUT2D eigenvalue weighted by molar-refractivity contribution is 0.140. The molecule has 0 aliphatic carbocycles. The van der Waals surface area contributed by atoms with Crippen molar-refractivity contribution in [2.45, 2.75) is 46.6 Å². The number of hydrogen-bond donors (Lipinski definition) is 1. The lowest BCUT2D eigenvalue weighted by Crippen LogP contribution is -2.29. The van der Waals surface area contributed by atoms with Crippen LogP contribution in [-0.2, 0) is 17.8 Å². The summed E-state index contributed by atoms with van der Waals surface area (Å²) in [5.74, 6) is 0.903. The Morgan fingerprint density at radius 1 is 1.23 bits per heavy atom. The standard InChI is InChI=1S/C21H27NO4/c1-6-16-10-11-19(15(4)12-16)26-13-17-8-7-9-18(14(2)3)20(17)22(24)21(23)25-5/h7-12,14,24H,6,13H2,1-5H3. The highest BCUT2D eigenvalue weighted by atomic mass is 16.6. The molecule has 2 aromatic rings. The van der Waals surface area contributed by atoms with E-state index in [1.54, 1.807) is 0 Å². The van der Waals surface area contributed by atoms with E-state index in [2.05, 4.69) is 17.7 Å². The van der Waals surface area contributed by atoms with Gasteiger partial charge in [-0.1, -0.05) is 51.1 Å². The Morgan fingerprint density at radius 3 is 2.54 bits per heavy atom. The van der Waals surface area contributed by atoms with Gasteiger partial charge in [0.05, 0.1) is 12.8 Å². The van der Waals surface area contributed by atoms with E-state index in [0.717, 1.165) is 23.3 Å². The minimum Gasteiger partial charge on any atom is -0.489 e. The number of nitrogens with zero attached hydrogens (tertiary/aromatic N) is 1. The summed E-state index contributed by atoms with van der Waals surface area (Å²) < 4.78 is 10.6. The van der Waals surface area contributed by atoms with Crippen molar-refractivity contribution in [3.05, 3.63) is 58.7 Å². The molecule has 0 atom stereocenters. The number of hydroxylamine groups is 1. The zero-order valence-electron chi connectivity index (χ0n) is 16.1. The van der Waals surface area contributed by atoms with Gasteiger partial charge in [0.25, 0.3) is 0 Å². The number of benzene rings is 2. The van der Waals surface area contributed by atoms with Gasteiger partial charge in [-0.2, -0.15) is 5.06 Å². The monoisotopic (exact) mass is 357 g/mol. The summed E-state index contributed by atoms with van der Waals surface area (Å²) >= 11 is 0. The van der Waals surface area contributed by atoms with Crippen LogP contribution in [0.25, 0.3) is 0 Å².